The van der Waals surface area contributed by atoms with Crippen LogP contribution in [0.2, 0.25) is 5.02 Å². The molecule has 0 bridgehead atoms. The number of ether oxygens (including phenoxy) is 1. The van der Waals surface area contributed by atoms with Gasteiger partial charge in [-0.1, -0.05) is 23.7 Å². The molecule has 4 rings (SSSR count). The molecular formula is C19H22ClN3O2. The van der Waals surface area contributed by atoms with E-state index in [1.807, 2.05) is 24.3 Å². The molecule has 2 aromatic rings. The highest BCUT2D eigenvalue weighted by Gasteiger charge is 2.38. The smallest absolute Gasteiger partial charge is 0.161 e. The number of aryl methyl sites for hydroxylation is 1. The molecule has 2 N–H and O–H groups in total. The summed E-state index contributed by atoms with van der Waals surface area (Å²) in [4.78, 5) is 9.59. The van der Waals surface area contributed by atoms with E-state index in [1.165, 1.54) is 5.56 Å². The number of anilines is 1. The number of fused-ring (bicyclic) bond motifs is 1. The number of nitrogens with zero attached hydrogens (tertiary/aromatic N) is 2. The quantitative estimate of drug-likeness (QED) is 0.858. The van der Waals surface area contributed by atoms with Gasteiger partial charge in [-0.3, -0.25) is 0 Å². The minimum atomic E-state index is -0.192. The first-order valence-electron chi connectivity index (χ1n) is 8.77. The molecule has 1 aromatic carbocycles. The van der Waals surface area contributed by atoms with Crippen molar-refractivity contribution >= 4 is 17.4 Å². The normalized spacial score (nSPS) is 18.3. The van der Waals surface area contributed by atoms with E-state index in [9.17, 15) is 5.11 Å². The largest absolute Gasteiger partial charge is 0.396 e. The number of aliphatic hydroxyl groups is 1. The summed E-state index contributed by atoms with van der Waals surface area (Å²) in [5, 5.41) is 13.8. The average Bonchev–Trinajstić information content (AvgIpc) is 2.61. The lowest BCUT2D eigenvalue weighted by Crippen LogP contribution is -2.50. The van der Waals surface area contributed by atoms with E-state index in [4.69, 9.17) is 26.3 Å². The summed E-state index contributed by atoms with van der Waals surface area (Å²) in [6.07, 6.45) is 4.30. The SMILES string of the molecule is OCC1(CNc2nc(-c3cccc(Cl)c3)nc3c2CCCC3)COC1. The van der Waals surface area contributed by atoms with Gasteiger partial charge in [-0.25, -0.2) is 9.97 Å². The third-order valence-electron chi connectivity index (χ3n) is 5.05. The number of hydrogen-bond acceptors (Lipinski definition) is 5. The van der Waals surface area contributed by atoms with E-state index in [1.54, 1.807) is 0 Å². The standard InChI is InChI=1S/C19H22ClN3O2/c20-14-5-3-4-13(8-14)17-22-16-7-2-1-6-15(16)18(23-17)21-9-19(10-24)11-25-12-19/h3-5,8,24H,1-2,6-7,9-12H2,(H,21,22,23). The molecular weight excluding hydrogens is 338 g/mol. The highest BCUT2D eigenvalue weighted by molar-refractivity contribution is 6.30. The van der Waals surface area contributed by atoms with E-state index < -0.39 is 0 Å². The minimum Gasteiger partial charge on any atom is -0.396 e. The fourth-order valence-electron chi connectivity index (χ4n) is 3.41. The van der Waals surface area contributed by atoms with Crippen molar-refractivity contribution in [3.05, 3.63) is 40.5 Å². The Balaban J connectivity index is 1.67. The van der Waals surface area contributed by atoms with Crippen molar-refractivity contribution in [2.24, 2.45) is 5.41 Å². The Kier molecular flexibility index (Phi) is 4.63. The van der Waals surface area contributed by atoms with Crippen molar-refractivity contribution in [3.8, 4) is 11.4 Å². The second-order valence-corrected chi connectivity index (χ2v) is 7.48. The van der Waals surface area contributed by atoms with Crippen molar-refractivity contribution in [3.63, 3.8) is 0 Å². The van der Waals surface area contributed by atoms with Gasteiger partial charge in [0, 0.05) is 28.4 Å². The lowest BCUT2D eigenvalue weighted by molar-refractivity contribution is -0.128. The predicted molar refractivity (Wildman–Crippen MR) is 97.9 cm³/mol. The van der Waals surface area contributed by atoms with Crippen LogP contribution in [0.5, 0.6) is 0 Å². The lowest BCUT2D eigenvalue weighted by Gasteiger charge is -2.40. The molecule has 5 nitrogen and oxygen atoms in total. The fourth-order valence-corrected chi connectivity index (χ4v) is 3.60. The van der Waals surface area contributed by atoms with Gasteiger partial charge < -0.3 is 15.2 Å². The summed E-state index contributed by atoms with van der Waals surface area (Å²) in [7, 11) is 0. The summed E-state index contributed by atoms with van der Waals surface area (Å²) in [6, 6.07) is 7.64. The maximum absolute atomic E-state index is 9.65. The number of hydrogen-bond donors (Lipinski definition) is 2. The van der Waals surface area contributed by atoms with Gasteiger partial charge in [0.2, 0.25) is 0 Å². The van der Waals surface area contributed by atoms with Crippen LogP contribution in [0.3, 0.4) is 0 Å². The molecule has 0 saturated carbocycles. The van der Waals surface area contributed by atoms with Gasteiger partial charge in [0.25, 0.3) is 0 Å². The third kappa shape index (κ3) is 3.36. The molecule has 0 unspecified atom stereocenters. The molecule has 6 heteroatoms. The Morgan fingerprint density at radius 1 is 1.20 bits per heavy atom. The summed E-state index contributed by atoms with van der Waals surface area (Å²) in [5.74, 6) is 1.59. The average molecular weight is 360 g/mol. The molecule has 0 atom stereocenters. The number of aromatic nitrogens is 2. The van der Waals surface area contributed by atoms with Crippen LogP contribution in [0.25, 0.3) is 11.4 Å². The monoisotopic (exact) mass is 359 g/mol. The predicted octanol–water partition coefficient (Wildman–Crippen LogP) is 3.10. The molecule has 1 aliphatic heterocycles. The molecule has 132 valence electrons. The number of nitrogens with one attached hydrogen (secondary N) is 1. The zero-order chi connectivity index (χ0) is 17.3. The topological polar surface area (TPSA) is 67.3 Å². The Bertz CT molecular complexity index is 772. The Morgan fingerprint density at radius 2 is 2.04 bits per heavy atom. The van der Waals surface area contributed by atoms with Gasteiger partial charge in [0.1, 0.15) is 5.82 Å². The zero-order valence-corrected chi connectivity index (χ0v) is 14.9. The van der Waals surface area contributed by atoms with Crippen LogP contribution in [0.15, 0.2) is 24.3 Å². The van der Waals surface area contributed by atoms with E-state index in [-0.39, 0.29) is 12.0 Å². The van der Waals surface area contributed by atoms with Crippen LogP contribution >= 0.6 is 11.6 Å². The minimum absolute atomic E-state index is 0.119. The molecule has 25 heavy (non-hydrogen) atoms. The highest BCUT2D eigenvalue weighted by atomic mass is 35.5. The molecule has 0 amide bonds. The first kappa shape index (κ1) is 16.8. The van der Waals surface area contributed by atoms with Crippen LogP contribution in [-0.2, 0) is 17.6 Å². The van der Waals surface area contributed by atoms with Gasteiger partial charge in [-0.05, 0) is 37.8 Å². The molecule has 2 heterocycles. The molecule has 1 fully saturated rings. The van der Waals surface area contributed by atoms with Gasteiger partial charge >= 0.3 is 0 Å². The van der Waals surface area contributed by atoms with Crippen molar-refractivity contribution in [1.82, 2.24) is 9.97 Å². The fraction of sp³-hybridized carbons (Fsp3) is 0.474. The van der Waals surface area contributed by atoms with Crippen molar-refractivity contribution in [2.45, 2.75) is 25.7 Å². The van der Waals surface area contributed by atoms with Crippen LogP contribution < -0.4 is 5.32 Å². The van der Waals surface area contributed by atoms with E-state index in [0.717, 1.165) is 42.8 Å². The second-order valence-electron chi connectivity index (χ2n) is 7.04. The van der Waals surface area contributed by atoms with E-state index in [2.05, 4.69) is 5.32 Å². The second kappa shape index (κ2) is 6.90. The molecule has 1 aromatic heterocycles. The van der Waals surface area contributed by atoms with Crippen molar-refractivity contribution in [1.29, 1.82) is 0 Å². The Morgan fingerprint density at radius 3 is 2.76 bits per heavy atom. The number of benzene rings is 1. The highest BCUT2D eigenvalue weighted by Crippen LogP contribution is 2.32. The maximum Gasteiger partial charge on any atom is 0.161 e. The Labute approximate surface area is 152 Å². The molecule has 2 aliphatic rings. The summed E-state index contributed by atoms with van der Waals surface area (Å²) in [6.45, 7) is 1.95. The lowest BCUT2D eigenvalue weighted by atomic mass is 9.87. The summed E-state index contributed by atoms with van der Waals surface area (Å²) in [5.41, 5.74) is 3.07. The molecule has 1 aliphatic carbocycles. The van der Waals surface area contributed by atoms with Gasteiger partial charge in [0.05, 0.1) is 25.2 Å². The third-order valence-corrected chi connectivity index (χ3v) is 5.28. The number of aliphatic hydroxyl groups excluding tert-OH is 1. The number of halogens is 1. The van der Waals surface area contributed by atoms with Gasteiger partial charge in [-0.15, -0.1) is 0 Å². The van der Waals surface area contributed by atoms with E-state index in [0.29, 0.717) is 30.6 Å². The molecule has 0 spiro atoms. The molecule has 1 saturated heterocycles. The van der Waals surface area contributed by atoms with Gasteiger partial charge in [0.15, 0.2) is 5.82 Å². The summed E-state index contributed by atoms with van der Waals surface area (Å²) >= 11 is 6.13. The van der Waals surface area contributed by atoms with Crippen LogP contribution in [0.1, 0.15) is 24.1 Å². The van der Waals surface area contributed by atoms with Crippen LogP contribution in [0, 0.1) is 5.41 Å². The molecule has 0 radical (unpaired) electrons. The first-order chi connectivity index (χ1) is 12.2. The Hall–Kier alpha value is -1.69. The summed E-state index contributed by atoms with van der Waals surface area (Å²) < 4.78 is 5.29. The van der Waals surface area contributed by atoms with Crippen LogP contribution in [0.4, 0.5) is 5.82 Å². The number of rotatable bonds is 5. The van der Waals surface area contributed by atoms with Gasteiger partial charge in [-0.2, -0.15) is 0 Å². The van der Waals surface area contributed by atoms with Crippen molar-refractivity contribution < 1.29 is 9.84 Å². The first-order valence-corrected chi connectivity index (χ1v) is 9.15. The van der Waals surface area contributed by atoms with Crippen LogP contribution in [-0.4, -0.2) is 41.4 Å². The zero-order valence-electron chi connectivity index (χ0n) is 14.1. The maximum atomic E-state index is 9.65. The van der Waals surface area contributed by atoms with Crippen molar-refractivity contribution in [2.75, 3.05) is 31.7 Å². The van der Waals surface area contributed by atoms with E-state index >= 15 is 0 Å².